The SMILES string of the molecule is COc1ccc(Oc2ccc(NC(=O)N(C)C)cc2C)cc1. The van der Waals surface area contributed by atoms with E-state index in [-0.39, 0.29) is 6.03 Å². The van der Waals surface area contributed by atoms with Gasteiger partial charge in [0.15, 0.2) is 0 Å². The second kappa shape index (κ2) is 6.85. The van der Waals surface area contributed by atoms with Crippen molar-refractivity contribution in [3.8, 4) is 17.2 Å². The summed E-state index contributed by atoms with van der Waals surface area (Å²) in [5.74, 6) is 2.26. The Morgan fingerprint density at radius 2 is 1.68 bits per heavy atom. The first-order chi connectivity index (χ1) is 10.5. The van der Waals surface area contributed by atoms with Crippen LogP contribution < -0.4 is 14.8 Å². The van der Waals surface area contributed by atoms with Crippen molar-refractivity contribution in [2.45, 2.75) is 6.92 Å². The monoisotopic (exact) mass is 300 g/mol. The second-order valence-corrected chi connectivity index (χ2v) is 5.08. The predicted octanol–water partition coefficient (Wildman–Crippen LogP) is 3.89. The Bertz CT molecular complexity index is 651. The summed E-state index contributed by atoms with van der Waals surface area (Å²) in [6, 6.07) is 12.7. The lowest BCUT2D eigenvalue weighted by molar-refractivity contribution is 0.230. The number of ether oxygens (including phenoxy) is 2. The molecule has 0 heterocycles. The topological polar surface area (TPSA) is 50.8 Å². The first-order valence-electron chi connectivity index (χ1n) is 6.90. The maximum atomic E-state index is 11.6. The van der Waals surface area contributed by atoms with Gasteiger partial charge in [0.2, 0.25) is 0 Å². The zero-order chi connectivity index (χ0) is 16.1. The Labute approximate surface area is 130 Å². The van der Waals surface area contributed by atoms with Crippen molar-refractivity contribution >= 4 is 11.7 Å². The van der Waals surface area contributed by atoms with Gasteiger partial charge in [0.1, 0.15) is 17.2 Å². The van der Waals surface area contributed by atoms with Gasteiger partial charge in [0.25, 0.3) is 0 Å². The van der Waals surface area contributed by atoms with Crippen molar-refractivity contribution < 1.29 is 14.3 Å². The van der Waals surface area contributed by atoms with Crippen LogP contribution in [0, 0.1) is 6.92 Å². The van der Waals surface area contributed by atoms with Gasteiger partial charge in [-0.3, -0.25) is 0 Å². The van der Waals surface area contributed by atoms with Crippen LogP contribution in [0.1, 0.15) is 5.56 Å². The summed E-state index contributed by atoms with van der Waals surface area (Å²) in [5, 5.41) is 2.80. The number of anilines is 1. The van der Waals surface area contributed by atoms with E-state index in [1.165, 1.54) is 4.90 Å². The summed E-state index contributed by atoms with van der Waals surface area (Å²) in [5.41, 5.74) is 1.67. The molecule has 0 bridgehead atoms. The molecule has 2 aromatic carbocycles. The molecule has 0 saturated heterocycles. The minimum absolute atomic E-state index is 0.164. The summed E-state index contributed by atoms with van der Waals surface area (Å²) in [4.78, 5) is 13.1. The number of rotatable bonds is 4. The highest BCUT2D eigenvalue weighted by atomic mass is 16.5. The van der Waals surface area contributed by atoms with Gasteiger partial charge in [-0.15, -0.1) is 0 Å². The smallest absolute Gasteiger partial charge is 0.321 e. The molecular formula is C17H20N2O3. The van der Waals surface area contributed by atoms with E-state index in [1.54, 1.807) is 21.2 Å². The van der Waals surface area contributed by atoms with Crippen LogP contribution >= 0.6 is 0 Å². The lowest BCUT2D eigenvalue weighted by atomic mass is 10.2. The summed E-state index contributed by atoms with van der Waals surface area (Å²) in [6.45, 7) is 1.93. The molecule has 1 N–H and O–H groups in total. The minimum Gasteiger partial charge on any atom is -0.497 e. The number of carbonyl (C=O) groups is 1. The molecule has 0 spiro atoms. The fraction of sp³-hybridized carbons (Fsp3) is 0.235. The van der Waals surface area contributed by atoms with Gasteiger partial charge < -0.3 is 19.7 Å². The van der Waals surface area contributed by atoms with Crippen molar-refractivity contribution in [2.75, 3.05) is 26.5 Å². The lowest BCUT2D eigenvalue weighted by Gasteiger charge is -2.14. The molecule has 2 aromatic rings. The molecule has 5 nitrogen and oxygen atoms in total. The number of hydrogen-bond donors (Lipinski definition) is 1. The zero-order valence-corrected chi connectivity index (χ0v) is 13.2. The van der Waals surface area contributed by atoms with Crippen LogP contribution in [0.3, 0.4) is 0 Å². The van der Waals surface area contributed by atoms with E-state index in [1.807, 2.05) is 49.4 Å². The van der Waals surface area contributed by atoms with Gasteiger partial charge in [-0.25, -0.2) is 4.79 Å². The zero-order valence-electron chi connectivity index (χ0n) is 13.2. The Kier molecular flexibility index (Phi) is 4.88. The average Bonchev–Trinajstić information content (AvgIpc) is 2.50. The maximum Gasteiger partial charge on any atom is 0.321 e. The fourth-order valence-corrected chi connectivity index (χ4v) is 1.85. The molecule has 5 heteroatoms. The van der Waals surface area contributed by atoms with E-state index >= 15 is 0 Å². The standard InChI is InChI=1S/C17H20N2O3/c1-12-11-13(18-17(20)19(2)3)5-10-16(12)22-15-8-6-14(21-4)7-9-15/h5-11H,1-4H3,(H,18,20). The van der Waals surface area contributed by atoms with E-state index in [9.17, 15) is 4.79 Å². The molecule has 0 aliphatic heterocycles. The number of methoxy groups -OCH3 is 1. The highest BCUT2D eigenvalue weighted by Gasteiger charge is 2.07. The molecule has 0 atom stereocenters. The first kappa shape index (κ1) is 15.7. The van der Waals surface area contributed by atoms with E-state index < -0.39 is 0 Å². The molecule has 116 valence electrons. The molecule has 2 amide bonds. The van der Waals surface area contributed by atoms with Crippen LogP contribution in [0.25, 0.3) is 0 Å². The Hall–Kier alpha value is -2.69. The molecular weight excluding hydrogens is 280 g/mol. The van der Waals surface area contributed by atoms with Crippen molar-refractivity contribution in [3.63, 3.8) is 0 Å². The molecule has 0 unspecified atom stereocenters. The quantitative estimate of drug-likeness (QED) is 0.932. The van der Waals surface area contributed by atoms with Gasteiger partial charge in [0, 0.05) is 19.8 Å². The number of aryl methyl sites for hydroxylation is 1. The van der Waals surface area contributed by atoms with Crippen molar-refractivity contribution in [3.05, 3.63) is 48.0 Å². The third-order valence-electron chi connectivity index (χ3n) is 3.12. The minimum atomic E-state index is -0.164. The molecule has 0 aliphatic carbocycles. The Morgan fingerprint density at radius 3 is 2.23 bits per heavy atom. The Morgan fingerprint density at radius 1 is 1.05 bits per heavy atom. The predicted molar refractivity (Wildman–Crippen MR) is 87.0 cm³/mol. The van der Waals surface area contributed by atoms with Gasteiger partial charge in [-0.05, 0) is 55.0 Å². The molecule has 0 saturated carbocycles. The molecule has 0 aliphatic rings. The van der Waals surface area contributed by atoms with Crippen molar-refractivity contribution in [1.29, 1.82) is 0 Å². The molecule has 0 radical (unpaired) electrons. The highest BCUT2D eigenvalue weighted by molar-refractivity contribution is 5.89. The summed E-state index contributed by atoms with van der Waals surface area (Å²) < 4.78 is 11.0. The highest BCUT2D eigenvalue weighted by Crippen LogP contribution is 2.28. The first-order valence-corrected chi connectivity index (χ1v) is 6.90. The maximum absolute atomic E-state index is 11.6. The number of urea groups is 1. The fourth-order valence-electron chi connectivity index (χ4n) is 1.85. The van der Waals surface area contributed by atoms with Crippen LogP contribution in [-0.2, 0) is 0 Å². The molecule has 0 aromatic heterocycles. The molecule has 2 rings (SSSR count). The number of hydrogen-bond acceptors (Lipinski definition) is 3. The van der Waals surface area contributed by atoms with Crippen LogP contribution in [0.4, 0.5) is 10.5 Å². The average molecular weight is 300 g/mol. The van der Waals surface area contributed by atoms with Crippen molar-refractivity contribution in [2.24, 2.45) is 0 Å². The molecule has 22 heavy (non-hydrogen) atoms. The normalized spacial score (nSPS) is 10.0. The van der Waals surface area contributed by atoms with E-state index in [0.717, 1.165) is 28.5 Å². The van der Waals surface area contributed by atoms with Crippen LogP contribution in [-0.4, -0.2) is 32.1 Å². The van der Waals surface area contributed by atoms with Gasteiger partial charge >= 0.3 is 6.03 Å². The van der Waals surface area contributed by atoms with Crippen LogP contribution in [0.15, 0.2) is 42.5 Å². The third-order valence-corrected chi connectivity index (χ3v) is 3.12. The van der Waals surface area contributed by atoms with Crippen molar-refractivity contribution in [1.82, 2.24) is 4.90 Å². The summed E-state index contributed by atoms with van der Waals surface area (Å²) in [7, 11) is 5.02. The number of nitrogens with zero attached hydrogens (tertiary/aromatic N) is 1. The number of nitrogens with one attached hydrogen (secondary N) is 1. The van der Waals surface area contributed by atoms with Crippen LogP contribution in [0.5, 0.6) is 17.2 Å². The van der Waals surface area contributed by atoms with Gasteiger partial charge in [-0.1, -0.05) is 0 Å². The second-order valence-electron chi connectivity index (χ2n) is 5.08. The van der Waals surface area contributed by atoms with E-state index in [2.05, 4.69) is 5.32 Å². The number of carbonyl (C=O) groups excluding carboxylic acids is 1. The van der Waals surface area contributed by atoms with Crippen LogP contribution in [0.2, 0.25) is 0 Å². The summed E-state index contributed by atoms with van der Waals surface area (Å²) in [6.07, 6.45) is 0. The largest absolute Gasteiger partial charge is 0.497 e. The van der Waals surface area contributed by atoms with Gasteiger partial charge in [-0.2, -0.15) is 0 Å². The molecule has 0 fully saturated rings. The third kappa shape index (κ3) is 3.91. The Balaban J connectivity index is 2.10. The van der Waals surface area contributed by atoms with E-state index in [0.29, 0.717) is 0 Å². The van der Waals surface area contributed by atoms with E-state index in [4.69, 9.17) is 9.47 Å². The number of benzene rings is 2. The number of amides is 2. The summed E-state index contributed by atoms with van der Waals surface area (Å²) >= 11 is 0. The lowest BCUT2D eigenvalue weighted by Crippen LogP contribution is -2.27. The van der Waals surface area contributed by atoms with Gasteiger partial charge in [0.05, 0.1) is 7.11 Å².